The number of carbonyl (C=O) groups excluding carboxylic acids is 4. The Morgan fingerprint density at radius 3 is 0.788 bits per heavy atom. The summed E-state index contributed by atoms with van der Waals surface area (Å²) in [6.45, 7) is 4.64. The number of aliphatic hydroxyl groups excluding tert-OH is 1. The van der Waals surface area contributed by atoms with Crippen molar-refractivity contribution in [3.05, 3.63) is 109 Å². The number of rotatable bonds is 77. The lowest BCUT2D eigenvalue weighted by Crippen LogP contribution is -2.30. The van der Waals surface area contributed by atoms with Gasteiger partial charge in [-0.25, -0.2) is 9.13 Å². The molecule has 0 saturated carbocycles. The van der Waals surface area contributed by atoms with Crippen LogP contribution in [0.25, 0.3) is 0 Å². The number of phosphoric ester groups is 2. The van der Waals surface area contributed by atoms with Crippen LogP contribution in [-0.2, 0) is 65.4 Å². The first-order valence-corrected chi connectivity index (χ1v) is 44.1. The highest BCUT2D eigenvalue weighted by atomic mass is 31.2. The summed E-state index contributed by atoms with van der Waals surface area (Å²) in [5, 5.41) is 10.7. The summed E-state index contributed by atoms with van der Waals surface area (Å²) in [7, 11) is -9.97. The second-order valence-corrected chi connectivity index (χ2v) is 30.2. The van der Waals surface area contributed by atoms with E-state index in [1.165, 1.54) is 89.9 Å². The lowest BCUT2D eigenvalue weighted by atomic mass is 10.0. The molecule has 0 aromatic rings. The minimum absolute atomic E-state index is 0.0773. The van der Waals surface area contributed by atoms with Crippen molar-refractivity contribution in [2.24, 2.45) is 0 Å². The van der Waals surface area contributed by atoms with E-state index in [0.717, 1.165) is 180 Å². The van der Waals surface area contributed by atoms with Crippen LogP contribution < -0.4 is 0 Å². The molecule has 0 aromatic carbocycles. The minimum atomic E-state index is -4.99. The monoisotopic (exact) mass is 1500 g/mol. The van der Waals surface area contributed by atoms with Crippen molar-refractivity contribution in [1.82, 2.24) is 0 Å². The topological polar surface area (TPSA) is 237 Å². The van der Waals surface area contributed by atoms with Gasteiger partial charge in [0, 0.05) is 25.7 Å². The third-order valence-corrected chi connectivity index (χ3v) is 19.1. The van der Waals surface area contributed by atoms with Crippen molar-refractivity contribution in [3.63, 3.8) is 0 Å². The lowest BCUT2D eigenvalue weighted by molar-refractivity contribution is -0.161. The predicted molar refractivity (Wildman–Crippen MR) is 427 cm³/mol. The summed E-state index contributed by atoms with van der Waals surface area (Å²) in [6.07, 6.45) is 83.4. The molecule has 0 aliphatic heterocycles. The first kappa shape index (κ1) is 99.7. The largest absolute Gasteiger partial charge is 0.472 e. The predicted octanol–water partition coefficient (Wildman–Crippen LogP) is 24.1. The number of hydrogen-bond acceptors (Lipinski definition) is 15. The van der Waals surface area contributed by atoms with E-state index in [4.69, 9.17) is 37.0 Å². The zero-order valence-corrected chi connectivity index (χ0v) is 67.5. The fraction of sp³-hybridized carbons (Fsp3) is 0.741. The molecule has 600 valence electrons. The summed E-state index contributed by atoms with van der Waals surface area (Å²) in [5.74, 6) is -2.21. The number of ether oxygens (including phenoxy) is 4. The Bertz CT molecular complexity index is 2390. The summed E-state index contributed by atoms with van der Waals surface area (Å²) in [4.78, 5) is 73.1. The zero-order valence-electron chi connectivity index (χ0n) is 65.7. The van der Waals surface area contributed by atoms with Gasteiger partial charge in [-0.15, -0.1) is 0 Å². The van der Waals surface area contributed by atoms with Gasteiger partial charge < -0.3 is 33.8 Å². The quantitative estimate of drug-likeness (QED) is 0.0169. The van der Waals surface area contributed by atoms with E-state index >= 15 is 0 Å². The minimum Gasteiger partial charge on any atom is -0.462 e. The Labute approximate surface area is 632 Å². The molecule has 0 spiro atoms. The van der Waals surface area contributed by atoms with Crippen LogP contribution in [-0.4, -0.2) is 96.7 Å². The standard InChI is InChI=1S/C85H148O17P2/c1-5-9-13-17-21-25-29-33-36-38-39-41-44-47-50-54-58-62-66-70-83(88)96-76-81(102-85(90)72-68-64-60-56-52-48-42-35-31-27-23-19-15-11-7-3)78-100-104(93,94)98-74-79(86)73-97-103(91,92)99-77-80(101-84(89)71-67-63-59-55-51-45-32-28-24-20-16-12-8-4)75-95-82(87)69-65-61-57-53-49-46-43-40-37-34-30-26-22-18-14-10-6-2/h9-10,13-14,21-22,25-26,33-37,39,41-42,47,50,79-81,86H,5-8,11-12,15-20,23-24,27-32,38,40,43-46,48-49,51-78H2,1-4H3,(H,91,92)(H,93,94)/b13-9-,14-10-,25-21-,26-22-,36-33-,37-34-,41-39-,42-35-,50-47-. The summed E-state index contributed by atoms with van der Waals surface area (Å²) >= 11 is 0. The number of unbranched alkanes of at least 4 members (excludes halogenated alkanes) is 33. The van der Waals surface area contributed by atoms with Gasteiger partial charge in [0.1, 0.15) is 19.3 Å². The Morgan fingerprint density at radius 2 is 0.500 bits per heavy atom. The van der Waals surface area contributed by atoms with Gasteiger partial charge in [-0.3, -0.25) is 37.3 Å². The van der Waals surface area contributed by atoms with Gasteiger partial charge in [-0.1, -0.05) is 304 Å². The molecule has 0 amide bonds. The fourth-order valence-electron chi connectivity index (χ4n) is 11.0. The van der Waals surface area contributed by atoms with Crippen LogP contribution in [0.4, 0.5) is 0 Å². The fourth-order valence-corrected chi connectivity index (χ4v) is 12.6. The van der Waals surface area contributed by atoms with Crippen LogP contribution in [0.15, 0.2) is 109 Å². The van der Waals surface area contributed by atoms with E-state index < -0.39 is 97.5 Å². The molecule has 0 rings (SSSR count). The zero-order chi connectivity index (χ0) is 76.0. The number of carbonyl (C=O) groups is 4. The van der Waals surface area contributed by atoms with Crippen LogP contribution in [0.3, 0.4) is 0 Å². The molecule has 0 heterocycles. The van der Waals surface area contributed by atoms with Crippen LogP contribution >= 0.6 is 15.6 Å². The first-order valence-electron chi connectivity index (χ1n) is 41.1. The van der Waals surface area contributed by atoms with E-state index in [1.807, 2.05) is 0 Å². The van der Waals surface area contributed by atoms with E-state index in [1.54, 1.807) is 0 Å². The average molecular weight is 1500 g/mol. The van der Waals surface area contributed by atoms with Gasteiger partial charge in [-0.2, -0.15) is 0 Å². The SMILES string of the molecule is CC/C=C\C/C=C\C/C=C\C/C=C\C/C=C\CCCCCC(=O)OCC(COP(=O)(O)OCC(O)COP(=O)(O)OCC(COC(=O)CCCCCCCCC/C=C\C/C=C\C/C=C\CC)OC(=O)CCCCCCCCCCCCCCC)OC(=O)CCCCCCC/C=C\CCCCCCCC. The van der Waals surface area contributed by atoms with Crippen LogP contribution in [0.1, 0.15) is 349 Å². The molecule has 0 fully saturated rings. The molecule has 0 saturated heterocycles. The van der Waals surface area contributed by atoms with E-state index in [2.05, 4.69) is 137 Å². The second kappa shape index (κ2) is 76.9. The van der Waals surface area contributed by atoms with Gasteiger partial charge in [0.25, 0.3) is 0 Å². The van der Waals surface area contributed by atoms with Crippen molar-refractivity contribution in [1.29, 1.82) is 0 Å². The van der Waals surface area contributed by atoms with E-state index in [-0.39, 0.29) is 25.7 Å². The normalized spacial score (nSPS) is 14.4. The molecule has 0 aliphatic rings. The lowest BCUT2D eigenvalue weighted by Gasteiger charge is -2.21. The van der Waals surface area contributed by atoms with Gasteiger partial charge in [0.2, 0.25) is 0 Å². The van der Waals surface area contributed by atoms with E-state index in [0.29, 0.717) is 25.7 Å². The molecule has 0 radical (unpaired) electrons. The number of esters is 4. The highest BCUT2D eigenvalue weighted by molar-refractivity contribution is 7.47. The highest BCUT2D eigenvalue weighted by Gasteiger charge is 2.30. The molecular formula is C85H148O17P2. The Kier molecular flexibility index (Phi) is 73.7. The molecule has 19 heteroatoms. The summed E-state index contributed by atoms with van der Waals surface area (Å²) < 4.78 is 68.7. The van der Waals surface area contributed by atoms with Gasteiger partial charge in [0.05, 0.1) is 26.4 Å². The number of hydrogen-bond donors (Lipinski definition) is 3. The smallest absolute Gasteiger partial charge is 0.462 e. The average Bonchev–Trinajstić information content (AvgIpc) is 0.911. The molecular weight excluding hydrogens is 1350 g/mol. The molecule has 104 heavy (non-hydrogen) atoms. The molecule has 0 aliphatic carbocycles. The van der Waals surface area contributed by atoms with Crippen LogP contribution in [0.5, 0.6) is 0 Å². The Hall–Kier alpha value is -4.28. The van der Waals surface area contributed by atoms with Gasteiger partial charge in [-0.05, 0) is 128 Å². The maximum atomic E-state index is 13.1. The molecule has 0 bridgehead atoms. The number of phosphoric acid groups is 2. The van der Waals surface area contributed by atoms with Crippen LogP contribution in [0.2, 0.25) is 0 Å². The van der Waals surface area contributed by atoms with Crippen molar-refractivity contribution in [2.45, 2.75) is 367 Å². The number of allylic oxidation sites excluding steroid dienone is 18. The Balaban J connectivity index is 5.37. The third kappa shape index (κ3) is 75.9. The highest BCUT2D eigenvalue weighted by Crippen LogP contribution is 2.45. The van der Waals surface area contributed by atoms with Crippen molar-refractivity contribution < 1.29 is 80.2 Å². The van der Waals surface area contributed by atoms with E-state index in [9.17, 15) is 43.2 Å². The maximum absolute atomic E-state index is 13.1. The first-order chi connectivity index (χ1) is 50.7. The molecule has 0 aromatic heterocycles. The molecule has 5 atom stereocenters. The summed E-state index contributed by atoms with van der Waals surface area (Å²) in [5.41, 5.74) is 0. The maximum Gasteiger partial charge on any atom is 0.472 e. The summed E-state index contributed by atoms with van der Waals surface area (Å²) in [6, 6.07) is 0. The third-order valence-electron chi connectivity index (χ3n) is 17.2. The van der Waals surface area contributed by atoms with Crippen molar-refractivity contribution >= 4 is 39.5 Å². The number of aliphatic hydroxyl groups is 1. The van der Waals surface area contributed by atoms with Gasteiger partial charge in [0.15, 0.2) is 12.2 Å². The molecule has 3 N–H and O–H groups in total. The van der Waals surface area contributed by atoms with Crippen LogP contribution in [0, 0.1) is 0 Å². The van der Waals surface area contributed by atoms with Crippen molar-refractivity contribution in [2.75, 3.05) is 39.6 Å². The van der Waals surface area contributed by atoms with Crippen molar-refractivity contribution in [3.8, 4) is 0 Å². The van der Waals surface area contributed by atoms with Gasteiger partial charge >= 0.3 is 39.5 Å². The Morgan fingerprint density at radius 1 is 0.279 bits per heavy atom. The molecule has 5 unspecified atom stereocenters. The molecule has 17 nitrogen and oxygen atoms in total. The second-order valence-electron chi connectivity index (χ2n) is 27.3.